The maximum Gasteiger partial charge on any atom is 0.0787 e. The minimum Gasteiger partial charge on any atom is -0.330 e. The third kappa shape index (κ3) is 1.14. The summed E-state index contributed by atoms with van der Waals surface area (Å²) in [7, 11) is 2.54. The van der Waals surface area contributed by atoms with E-state index in [-0.39, 0.29) is 0 Å². The highest BCUT2D eigenvalue weighted by atomic mass is 28.2. The highest BCUT2D eigenvalue weighted by molar-refractivity contribution is 6.20. The van der Waals surface area contributed by atoms with Gasteiger partial charge in [0.1, 0.15) is 0 Å². The quantitative estimate of drug-likeness (QED) is 0.455. The van der Waals surface area contributed by atoms with Gasteiger partial charge < -0.3 is 4.57 Å². The molecule has 1 fully saturated rings. The van der Waals surface area contributed by atoms with Crippen LogP contribution in [0.3, 0.4) is 0 Å². The minimum atomic E-state index is 0.543. The third-order valence-electron chi connectivity index (χ3n) is 4.31. The van der Waals surface area contributed by atoms with Gasteiger partial charge in [0.15, 0.2) is 0 Å². The fourth-order valence-electron chi connectivity index (χ4n) is 1.96. The molecule has 0 aromatic heterocycles. The van der Waals surface area contributed by atoms with Gasteiger partial charge in [-0.05, 0) is 23.0 Å². The molecule has 0 aromatic rings. The van der Waals surface area contributed by atoms with Crippen LogP contribution >= 0.6 is 0 Å². The number of hydrogen-bond donors (Lipinski definition) is 0. The van der Waals surface area contributed by atoms with E-state index in [1.165, 1.54) is 27.2 Å². The summed E-state index contributed by atoms with van der Waals surface area (Å²) in [4.78, 5) is 0. The maximum absolute atomic E-state index is 2.67. The van der Waals surface area contributed by atoms with Crippen molar-refractivity contribution >= 4 is 20.6 Å². The molecular weight excluding hydrogens is 166 g/mol. The summed E-state index contributed by atoms with van der Waals surface area (Å²) in [6.45, 7) is 11.0. The largest absolute Gasteiger partial charge is 0.330 e. The Morgan fingerprint density at radius 3 is 1.91 bits per heavy atom. The van der Waals surface area contributed by atoms with Gasteiger partial charge in [0.25, 0.3) is 0 Å². The van der Waals surface area contributed by atoms with E-state index in [1.807, 2.05) is 0 Å². The summed E-state index contributed by atoms with van der Waals surface area (Å²) in [5, 5.41) is 0.554. The van der Waals surface area contributed by atoms with Gasteiger partial charge in [0, 0.05) is 10.2 Å². The Kier molecular flexibility index (Phi) is 2.10. The van der Waals surface area contributed by atoms with Gasteiger partial charge in [-0.1, -0.05) is 27.7 Å². The lowest BCUT2D eigenvalue weighted by Gasteiger charge is -2.41. The molecule has 2 atom stereocenters. The summed E-state index contributed by atoms with van der Waals surface area (Å²) < 4.78 is 2.67. The van der Waals surface area contributed by atoms with E-state index in [2.05, 4.69) is 32.3 Å². The van der Waals surface area contributed by atoms with Crippen LogP contribution in [0.1, 0.15) is 27.7 Å². The first-order valence-electron chi connectivity index (χ1n) is 4.51. The van der Waals surface area contributed by atoms with Crippen molar-refractivity contribution in [2.45, 2.75) is 32.9 Å². The van der Waals surface area contributed by atoms with Crippen molar-refractivity contribution in [3.8, 4) is 0 Å². The first-order chi connectivity index (χ1) is 4.80. The van der Waals surface area contributed by atoms with Crippen LogP contribution in [-0.2, 0) is 0 Å². The van der Waals surface area contributed by atoms with Crippen LogP contribution < -0.4 is 0 Å². The molecule has 1 rings (SSSR count). The number of nitrogens with zero attached hydrogens (tertiary/aromatic N) is 1. The molecule has 66 valence electrons. The van der Waals surface area contributed by atoms with Crippen LogP contribution in [0.5, 0.6) is 0 Å². The summed E-state index contributed by atoms with van der Waals surface area (Å²) in [5.74, 6) is 0.877. The topological polar surface area (TPSA) is 3.24 Å². The van der Waals surface area contributed by atoms with Crippen molar-refractivity contribution in [2.24, 2.45) is 11.3 Å². The Balaban J connectivity index is 2.95. The number of rotatable bonds is 0. The van der Waals surface area contributed by atoms with Gasteiger partial charge in [-0.2, -0.15) is 0 Å². The molecule has 0 N–H and O–H groups in total. The van der Waals surface area contributed by atoms with E-state index in [0.717, 1.165) is 5.92 Å². The average molecular weight is 187 g/mol. The molecule has 1 nitrogen and oxygen atoms in total. The SMILES string of the molecule is CC1CN([SiH3])C(C)([SiH3])C1(C)C. The lowest BCUT2D eigenvalue weighted by Crippen LogP contribution is -2.49. The van der Waals surface area contributed by atoms with E-state index in [9.17, 15) is 0 Å². The van der Waals surface area contributed by atoms with Crippen molar-refractivity contribution < 1.29 is 0 Å². The molecule has 0 aliphatic carbocycles. The molecule has 0 amide bonds. The van der Waals surface area contributed by atoms with E-state index in [1.54, 1.807) is 0 Å². The Morgan fingerprint density at radius 1 is 1.36 bits per heavy atom. The molecule has 1 heterocycles. The second kappa shape index (κ2) is 2.44. The molecule has 2 unspecified atom stereocenters. The zero-order valence-electron chi connectivity index (χ0n) is 8.73. The molecule has 1 saturated heterocycles. The predicted molar refractivity (Wildman–Crippen MR) is 57.9 cm³/mol. The van der Waals surface area contributed by atoms with Gasteiger partial charge >= 0.3 is 0 Å². The van der Waals surface area contributed by atoms with Crippen LogP contribution in [0.4, 0.5) is 0 Å². The summed E-state index contributed by atoms with van der Waals surface area (Å²) in [6, 6.07) is 0. The maximum atomic E-state index is 2.67. The second-order valence-electron chi connectivity index (χ2n) is 5.06. The lowest BCUT2D eigenvalue weighted by molar-refractivity contribution is 0.200. The fraction of sp³-hybridized carbons (Fsp3) is 1.00. The second-order valence-corrected chi connectivity index (χ2v) is 8.09. The van der Waals surface area contributed by atoms with Crippen molar-refractivity contribution in [3.63, 3.8) is 0 Å². The van der Waals surface area contributed by atoms with Gasteiger partial charge in [0.2, 0.25) is 0 Å². The smallest absolute Gasteiger partial charge is 0.0787 e. The van der Waals surface area contributed by atoms with E-state index in [0.29, 0.717) is 10.6 Å². The molecule has 11 heavy (non-hydrogen) atoms. The molecule has 0 bridgehead atoms. The summed E-state index contributed by atoms with van der Waals surface area (Å²) >= 11 is 0. The van der Waals surface area contributed by atoms with Crippen molar-refractivity contribution in [1.29, 1.82) is 0 Å². The minimum absolute atomic E-state index is 0.543. The van der Waals surface area contributed by atoms with E-state index < -0.39 is 0 Å². The lowest BCUT2D eigenvalue weighted by atomic mass is 9.78. The van der Waals surface area contributed by atoms with Gasteiger partial charge in [-0.25, -0.2) is 0 Å². The number of hydrogen-bond acceptors (Lipinski definition) is 1. The molecule has 0 radical (unpaired) electrons. The Bertz CT molecular complexity index is 147. The molecule has 3 heteroatoms. The van der Waals surface area contributed by atoms with Crippen molar-refractivity contribution in [1.82, 2.24) is 4.57 Å². The van der Waals surface area contributed by atoms with Crippen LogP contribution in [0.25, 0.3) is 0 Å². The van der Waals surface area contributed by atoms with Crippen molar-refractivity contribution in [3.05, 3.63) is 0 Å². The van der Waals surface area contributed by atoms with Crippen LogP contribution in [0.2, 0.25) is 0 Å². The van der Waals surface area contributed by atoms with Gasteiger partial charge in [-0.3, -0.25) is 0 Å². The molecule has 0 aromatic carbocycles. The zero-order valence-corrected chi connectivity index (χ0v) is 12.7. The standard InChI is InChI=1S/C8H21NSi2/c1-6-5-9(11)8(4,10)7(6,2)3/h6H,5H2,1-4,10-11H3. The predicted octanol–water partition coefficient (Wildman–Crippen LogP) is -0.674. The Morgan fingerprint density at radius 2 is 1.82 bits per heavy atom. The highest BCUT2D eigenvalue weighted by Crippen LogP contribution is 2.45. The first-order valence-corrected chi connectivity index (χ1v) is 6.41. The molecule has 0 spiro atoms. The Labute approximate surface area is 76.5 Å². The van der Waals surface area contributed by atoms with Crippen LogP contribution in [-0.4, -0.2) is 36.9 Å². The van der Waals surface area contributed by atoms with E-state index >= 15 is 0 Å². The van der Waals surface area contributed by atoms with Crippen LogP contribution in [0.15, 0.2) is 0 Å². The zero-order chi connectivity index (χ0) is 8.86. The summed E-state index contributed by atoms with van der Waals surface area (Å²) in [6.07, 6.45) is 0. The van der Waals surface area contributed by atoms with Crippen LogP contribution in [0, 0.1) is 11.3 Å². The Hall–Kier alpha value is 0.394. The molecular formula is C8H21NSi2. The molecule has 1 aliphatic heterocycles. The molecule has 1 aliphatic rings. The average Bonchev–Trinajstić information content (AvgIpc) is 1.95. The van der Waals surface area contributed by atoms with Crippen molar-refractivity contribution in [2.75, 3.05) is 6.54 Å². The highest BCUT2D eigenvalue weighted by Gasteiger charge is 2.49. The van der Waals surface area contributed by atoms with Gasteiger partial charge in [-0.15, -0.1) is 0 Å². The first kappa shape index (κ1) is 9.48. The fourth-order valence-corrected chi connectivity index (χ4v) is 3.76. The third-order valence-corrected chi connectivity index (χ3v) is 8.74. The van der Waals surface area contributed by atoms with Gasteiger partial charge in [0.05, 0.1) is 10.4 Å². The summed E-state index contributed by atoms with van der Waals surface area (Å²) in [5.41, 5.74) is 0.543. The monoisotopic (exact) mass is 187 g/mol. The molecule has 0 saturated carbocycles. The normalized spacial score (nSPS) is 45.3. The van der Waals surface area contributed by atoms with E-state index in [4.69, 9.17) is 0 Å².